The third kappa shape index (κ3) is 4.37. The molecule has 0 spiro atoms. The Morgan fingerprint density at radius 3 is 2.54 bits per heavy atom. The standard InChI is InChI=1S/C17H20F3N3O/c1-4-11(3)24-15-13(17(18,19)20)10-21-16(23-15)22-14-9-7-6-8-12(14)5-2/h6-11H,4-5H2,1-3H3,(H,21,22,23). The molecule has 2 aromatic rings. The zero-order valence-corrected chi connectivity index (χ0v) is 13.8. The Morgan fingerprint density at radius 1 is 1.21 bits per heavy atom. The molecule has 1 aromatic heterocycles. The highest BCUT2D eigenvalue weighted by Crippen LogP contribution is 2.36. The fourth-order valence-electron chi connectivity index (χ4n) is 2.06. The molecule has 2 rings (SSSR count). The first-order valence-electron chi connectivity index (χ1n) is 7.81. The molecule has 0 fully saturated rings. The maximum atomic E-state index is 13.1. The van der Waals surface area contributed by atoms with Crippen LogP contribution in [-0.2, 0) is 12.6 Å². The zero-order valence-electron chi connectivity index (χ0n) is 13.8. The van der Waals surface area contributed by atoms with Crippen molar-refractivity contribution in [3.8, 4) is 5.88 Å². The number of aromatic nitrogens is 2. The van der Waals surface area contributed by atoms with Gasteiger partial charge in [0, 0.05) is 11.9 Å². The van der Waals surface area contributed by atoms with Gasteiger partial charge in [0.15, 0.2) is 0 Å². The van der Waals surface area contributed by atoms with Crippen LogP contribution in [-0.4, -0.2) is 16.1 Å². The van der Waals surface area contributed by atoms with Crippen LogP contribution in [0.15, 0.2) is 30.5 Å². The van der Waals surface area contributed by atoms with Crippen molar-refractivity contribution in [1.29, 1.82) is 0 Å². The summed E-state index contributed by atoms with van der Waals surface area (Å²) < 4.78 is 44.6. The lowest BCUT2D eigenvalue weighted by atomic mass is 10.1. The summed E-state index contributed by atoms with van der Waals surface area (Å²) in [5.41, 5.74) is 0.803. The molecular formula is C17H20F3N3O. The van der Waals surface area contributed by atoms with Gasteiger partial charge in [0.25, 0.3) is 0 Å². The van der Waals surface area contributed by atoms with Crippen molar-refractivity contribution >= 4 is 11.6 Å². The molecule has 130 valence electrons. The van der Waals surface area contributed by atoms with E-state index in [1.165, 1.54) is 0 Å². The summed E-state index contributed by atoms with van der Waals surface area (Å²) in [5.74, 6) is -0.384. The molecule has 0 aliphatic heterocycles. The Bertz CT molecular complexity index is 689. The number of benzene rings is 1. The van der Waals surface area contributed by atoms with Crippen molar-refractivity contribution in [2.45, 2.75) is 45.9 Å². The van der Waals surface area contributed by atoms with Gasteiger partial charge >= 0.3 is 6.18 Å². The molecular weight excluding hydrogens is 319 g/mol. The first kappa shape index (κ1) is 18.0. The fraction of sp³-hybridized carbons (Fsp3) is 0.412. The number of alkyl halides is 3. The highest BCUT2D eigenvalue weighted by atomic mass is 19.4. The van der Waals surface area contributed by atoms with Crippen LogP contribution in [0.4, 0.5) is 24.8 Å². The van der Waals surface area contributed by atoms with Crippen LogP contribution in [0, 0.1) is 0 Å². The van der Waals surface area contributed by atoms with E-state index in [4.69, 9.17) is 4.74 Å². The van der Waals surface area contributed by atoms with Crippen LogP contribution in [0.2, 0.25) is 0 Å². The molecule has 0 aliphatic rings. The van der Waals surface area contributed by atoms with Crippen molar-refractivity contribution in [3.05, 3.63) is 41.6 Å². The van der Waals surface area contributed by atoms with Gasteiger partial charge < -0.3 is 10.1 Å². The number of para-hydroxylation sites is 1. The van der Waals surface area contributed by atoms with Crippen molar-refractivity contribution in [2.24, 2.45) is 0 Å². The third-order valence-electron chi connectivity index (χ3n) is 3.59. The second-order valence-electron chi connectivity index (χ2n) is 5.38. The molecule has 0 saturated carbocycles. The number of halogens is 3. The van der Waals surface area contributed by atoms with Gasteiger partial charge in [0.05, 0.1) is 6.10 Å². The number of hydrogen-bond donors (Lipinski definition) is 1. The molecule has 7 heteroatoms. The molecule has 1 unspecified atom stereocenters. The number of anilines is 2. The monoisotopic (exact) mass is 339 g/mol. The molecule has 0 radical (unpaired) electrons. The minimum atomic E-state index is -4.57. The smallest absolute Gasteiger partial charge is 0.423 e. The van der Waals surface area contributed by atoms with Crippen LogP contribution in [0.5, 0.6) is 5.88 Å². The Balaban J connectivity index is 2.36. The van der Waals surface area contributed by atoms with E-state index in [2.05, 4.69) is 15.3 Å². The molecule has 0 bridgehead atoms. The number of nitrogens with zero attached hydrogens (tertiary/aromatic N) is 2. The Hall–Kier alpha value is -2.31. The normalized spacial score (nSPS) is 12.8. The number of aryl methyl sites for hydroxylation is 1. The summed E-state index contributed by atoms with van der Waals surface area (Å²) in [6.07, 6.45) is -2.84. The van der Waals surface area contributed by atoms with Gasteiger partial charge in [0.2, 0.25) is 11.8 Å². The summed E-state index contributed by atoms with van der Waals surface area (Å²) in [6, 6.07) is 7.50. The van der Waals surface area contributed by atoms with E-state index in [-0.39, 0.29) is 12.1 Å². The van der Waals surface area contributed by atoms with E-state index in [1.54, 1.807) is 6.92 Å². The van der Waals surface area contributed by atoms with Crippen molar-refractivity contribution in [2.75, 3.05) is 5.32 Å². The SMILES string of the molecule is CCc1ccccc1Nc1ncc(C(F)(F)F)c(OC(C)CC)n1. The lowest BCUT2D eigenvalue weighted by Gasteiger charge is -2.17. The van der Waals surface area contributed by atoms with E-state index in [0.29, 0.717) is 6.42 Å². The average Bonchev–Trinajstić information content (AvgIpc) is 2.54. The van der Waals surface area contributed by atoms with Crippen molar-refractivity contribution in [3.63, 3.8) is 0 Å². The van der Waals surface area contributed by atoms with E-state index in [0.717, 1.165) is 23.9 Å². The summed E-state index contributed by atoms with van der Waals surface area (Å²) in [6.45, 7) is 5.52. The van der Waals surface area contributed by atoms with E-state index in [9.17, 15) is 13.2 Å². The van der Waals surface area contributed by atoms with E-state index in [1.807, 2.05) is 38.1 Å². The number of hydrogen-bond acceptors (Lipinski definition) is 4. The van der Waals surface area contributed by atoms with E-state index < -0.39 is 17.6 Å². The minimum Gasteiger partial charge on any atom is -0.474 e. The number of nitrogens with one attached hydrogen (secondary N) is 1. The second-order valence-corrected chi connectivity index (χ2v) is 5.38. The van der Waals surface area contributed by atoms with Gasteiger partial charge in [0.1, 0.15) is 5.56 Å². The van der Waals surface area contributed by atoms with Crippen molar-refractivity contribution in [1.82, 2.24) is 9.97 Å². The molecule has 24 heavy (non-hydrogen) atoms. The fourth-order valence-corrected chi connectivity index (χ4v) is 2.06. The largest absolute Gasteiger partial charge is 0.474 e. The van der Waals surface area contributed by atoms with Gasteiger partial charge in [-0.25, -0.2) is 4.98 Å². The Kier molecular flexibility index (Phi) is 5.64. The summed E-state index contributed by atoms with van der Waals surface area (Å²) in [4.78, 5) is 7.72. The van der Waals surface area contributed by atoms with Gasteiger partial charge in [-0.2, -0.15) is 18.2 Å². The second kappa shape index (κ2) is 7.51. The third-order valence-corrected chi connectivity index (χ3v) is 3.59. The highest BCUT2D eigenvalue weighted by molar-refractivity contribution is 5.58. The minimum absolute atomic E-state index is 0.0715. The van der Waals surface area contributed by atoms with Gasteiger partial charge in [-0.05, 0) is 31.4 Å². The molecule has 1 aromatic carbocycles. The van der Waals surface area contributed by atoms with Crippen LogP contribution in [0.25, 0.3) is 0 Å². The van der Waals surface area contributed by atoms with Gasteiger partial charge in [-0.1, -0.05) is 32.0 Å². The lowest BCUT2D eigenvalue weighted by molar-refractivity contribution is -0.139. The lowest BCUT2D eigenvalue weighted by Crippen LogP contribution is -2.17. The topological polar surface area (TPSA) is 47.0 Å². The molecule has 1 atom stereocenters. The summed E-state index contributed by atoms with van der Waals surface area (Å²) >= 11 is 0. The maximum Gasteiger partial charge on any atom is 0.423 e. The molecule has 0 aliphatic carbocycles. The summed E-state index contributed by atoms with van der Waals surface area (Å²) in [7, 11) is 0. The number of ether oxygens (including phenoxy) is 1. The molecule has 4 nitrogen and oxygen atoms in total. The first-order chi connectivity index (χ1) is 11.3. The van der Waals surface area contributed by atoms with Crippen LogP contribution < -0.4 is 10.1 Å². The summed E-state index contributed by atoms with van der Waals surface area (Å²) in [5, 5.41) is 2.96. The molecule has 1 N–H and O–H groups in total. The van der Waals surface area contributed by atoms with Crippen LogP contribution in [0.3, 0.4) is 0 Å². The molecule has 1 heterocycles. The molecule has 0 saturated heterocycles. The zero-order chi connectivity index (χ0) is 17.7. The maximum absolute atomic E-state index is 13.1. The predicted molar refractivity (Wildman–Crippen MR) is 86.5 cm³/mol. The van der Waals surface area contributed by atoms with Gasteiger partial charge in [-0.15, -0.1) is 0 Å². The number of rotatable bonds is 6. The van der Waals surface area contributed by atoms with Gasteiger partial charge in [-0.3, -0.25) is 0 Å². The molecule has 0 amide bonds. The van der Waals surface area contributed by atoms with E-state index >= 15 is 0 Å². The van der Waals surface area contributed by atoms with Crippen molar-refractivity contribution < 1.29 is 17.9 Å². The Morgan fingerprint density at radius 2 is 1.92 bits per heavy atom. The van der Waals surface area contributed by atoms with Crippen LogP contribution in [0.1, 0.15) is 38.3 Å². The predicted octanol–water partition coefficient (Wildman–Crippen LogP) is 4.98. The quantitative estimate of drug-likeness (QED) is 0.806. The average molecular weight is 339 g/mol. The van der Waals surface area contributed by atoms with Crippen LogP contribution >= 0.6 is 0 Å². The first-order valence-corrected chi connectivity index (χ1v) is 7.81. The highest BCUT2D eigenvalue weighted by Gasteiger charge is 2.36. The Labute approximate surface area is 139 Å².